The molecule has 0 aromatic carbocycles. The van der Waals surface area contributed by atoms with Gasteiger partial charge >= 0.3 is 0 Å². The second kappa shape index (κ2) is 6.87. The molecule has 0 aromatic heterocycles. The van der Waals surface area contributed by atoms with E-state index in [1.54, 1.807) is 0 Å². The maximum absolute atomic E-state index is 5.41. The normalized spacial score (nSPS) is 32.1. The van der Waals surface area contributed by atoms with Crippen molar-refractivity contribution in [2.75, 3.05) is 19.8 Å². The van der Waals surface area contributed by atoms with Gasteiger partial charge in [-0.25, -0.2) is 0 Å². The van der Waals surface area contributed by atoms with Gasteiger partial charge in [0.05, 0.1) is 0 Å². The molecule has 0 amide bonds. The second-order valence-electron chi connectivity index (χ2n) is 5.03. The average molecular weight is 243 g/mol. The molecule has 1 N–H and O–H groups in total. The van der Waals surface area contributed by atoms with Crippen molar-refractivity contribution in [1.82, 2.24) is 5.32 Å². The Morgan fingerprint density at radius 2 is 1.94 bits per heavy atom. The molecule has 1 aliphatic carbocycles. The van der Waals surface area contributed by atoms with Crippen molar-refractivity contribution < 1.29 is 4.74 Å². The Bertz CT molecular complexity index is 194. The highest BCUT2D eigenvalue weighted by Crippen LogP contribution is 2.35. The van der Waals surface area contributed by atoms with Crippen molar-refractivity contribution in [3.8, 4) is 0 Å². The maximum atomic E-state index is 5.41. The number of hydrogen-bond donors (Lipinski definition) is 1. The molecule has 1 saturated carbocycles. The predicted octanol–water partition coefficient (Wildman–Crippen LogP) is 2.82. The molecular weight excluding hydrogens is 218 g/mol. The van der Waals surface area contributed by atoms with Crippen LogP contribution in [0.2, 0.25) is 0 Å². The zero-order valence-corrected chi connectivity index (χ0v) is 11.2. The van der Waals surface area contributed by atoms with Crippen molar-refractivity contribution in [3.63, 3.8) is 0 Å². The van der Waals surface area contributed by atoms with Crippen LogP contribution in [-0.4, -0.2) is 36.3 Å². The average Bonchev–Trinajstić information content (AvgIpc) is 2.75. The Morgan fingerprint density at radius 1 is 1.12 bits per heavy atom. The predicted molar refractivity (Wildman–Crippen MR) is 71.2 cm³/mol. The van der Waals surface area contributed by atoms with Gasteiger partial charge in [-0.05, 0) is 45.1 Å². The Morgan fingerprint density at radius 3 is 2.69 bits per heavy atom. The highest BCUT2D eigenvalue weighted by molar-refractivity contribution is 8.00. The lowest BCUT2D eigenvalue weighted by molar-refractivity contribution is 0.0999. The third-order valence-electron chi connectivity index (χ3n) is 3.62. The number of ether oxygens (including phenoxy) is 1. The van der Waals surface area contributed by atoms with Gasteiger partial charge in [-0.1, -0.05) is 6.92 Å². The van der Waals surface area contributed by atoms with Crippen molar-refractivity contribution in [1.29, 1.82) is 0 Å². The number of rotatable bonds is 5. The zero-order valence-electron chi connectivity index (χ0n) is 10.4. The van der Waals surface area contributed by atoms with Crippen LogP contribution in [0.4, 0.5) is 0 Å². The Balaban J connectivity index is 1.63. The quantitative estimate of drug-likeness (QED) is 0.802. The van der Waals surface area contributed by atoms with E-state index in [-0.39, 0.29) is 0 Å². The van der Waals surface area contributed by atoms with Gasteiger partial charge in [-0.3, -0.25) is 0 Å². The standard InChI is InChI=1S/C13H25NOS/c1-2-7-14-11-3-4-13(10-11)16-12-5-8-15-9-6-12/h11-14H,2-10H2,1H3. The number of nitrogens with one attached hydrogen (secondary N) is 1. The molecule has 1 heterocycles. The minimum atomic E-state index is 0.803. The van der Waals surface area contributed by atoms with E-state index < -0.39 is 0 Å². The fourth-order valence-corrected chi connectivity index (χ4v) is 4.31. The molecule has 2 aliphatic rings. The Kier molecular flexibility index (Phi) is 5.46. The third-order valence-corrected chi connectivity index (χ3v) is 5.29. The summed E-state index contributed by atoms with van der Waals surface area (Å²) < 4.78 is 5.41. The summed E-state index contributed by atoms with van der Waals surface area (Å²) in [6.07, 6.45) is 8.00. The van der Waals surface area contributed by atoms with Gasteiger partial charge < -0.3 is 10.1 Å². The summed E-state index contributed by atoms with van der Waals surface area (Å²) in [6.45, 7) is 5.42. The lowest BCUT2D eigenvalue weighted by Gasteiger charge is -2.24. The first-order valence-electron chi connectivity index (χ1n) is 6.85. The van der Waals surface area contributed by atoms with Gasteiger partial charge in [0.1, 0.15) is 0 Å². The van der Waals surface area contributed by atoms with Crippen LogP contribution >= 0.6 is 11.8 Å². The summed E-state index contributed by atoms with van der Waals surface area (Å²) in [5.74, 6) is 0. The molecule has 0 aromatic rings. The SMILES string of the molecule is CCCNC1CCC(SC2CCOCC2)C1. The van der Waals surface area contributed by atoms with Crippen LogP contribution in [0.5, 0.6) is 0 Å². The smallest absolute Gasteiger partial charge is 0.0476 e. The molecule has 2 unspecified atom stereocenters. The van der Waals surface area contributed by atoms with Crippen molar-refractivity contribution >= 4 is 11.8 Å². The summed E-state index contributed by atoms with van der Waals surface area (Å²) in [5, 5.41) is 5.45. The molecule has 1 aliphatic heterocycles. The van der Waals surface area contributed by atoms with Crippen LogP contribution in [0.1, 0.15) is 45.4 Å². The lowest BCUT2D eigenvalue weighted by Crippen LogP contribution is -2.27. The van der Waals surface area contributed by atoms with E-state index in [0.717, 1.165) is 29.8 Å². The number of thioether (sulfide) groups is 1. The molecule has 0 bridgehead atoms. The molecule has 0 spiro atoms. The van der Waals surface area contributed by atoms with Crippen molar-refractivity contribution in [3.05, 3.63) is 0 Å². The fraction of sp³-hybridized carbons (Fsp3) is 1.00. The molecule has 2 fully saturated rings. The summed E-state index contributed by atoms with van der Waals surface area (Å²) in [7, 11) is 0. The van der Waals surface area contributed by atoms with E-state index in [9.17, 15) is 0 Å². The summed E-state index contributed by atoms with van der Waals surface area (Å²) in [6, 6.07) is 0.803. The van der Waals surface area contributed by atoms with Crippen LogP contribution < -0.4 is 5.32 Å². The lowest BCUT2D eigenvalue weighted by atomic mass is 10.2. The minimum absolute atomic E-state index is 0.803. The zero-order chi connectivity index (χ0) is 11.2. The molecule has 2 nitrogen and oxygen atoms in total. The minimum Gasteiger partial charge on any atom is -0.381 e. The van der Waals surface area contributed by atoms with E-state index in [0.29, 0.717) is 0 Å². The van der Waals surface area contributed by atoms with Gasteiger partial charge in [0, 0.05) is 29.8 Å². The van der Waals surface area contributed by atoms with E-state index in [2.05, 4.69) is 24.0 Å². The van der Waals surface area contributed by atoms with Crippen LogP contribution in [-0.2, 0) is 4.74 Å². The fourth-order valence-electron chi connectivity index (χ4n) is 2.68. The largest absolute Gasteiger partial charge is 0.381 e. The third kappa shape index (κ3) is 3.94. The maximum Gasteiger partial charge on any atom is 0.0476 e. The highest BCUT2D eigenvalue weighted by atomic mass is 32.2. The molecule has 94 valence electrons. The number of hydrogen-bond acceptors (Lipinski definition) is 3. The van der Waals surface area contributed by atoms with Gasteiger partial charge in [0.15, 0.2) is 0 Å². The first-order valence-corrected chi connectivity index (χ1v) is 7.79. The van der Waals surface area contributed by atoms with Crippen LogP contribution in [0.3, 0.4) is 0 Å². The van der Waals surface area contributed by atoms with Gasteiger partial charge in [0.25, 0.3) is 0 Å². The second-order valence-corrected chi connectivity index (χ2v) is 6.64. The van der Waals surface area contributed by atoms with E-state index in [4.69, 9.17) is 4.74 Å². The molecule has 2 atom stereocenters. The van der Waals surface area contributed by atoms with Crippen molar-refractivity contribution in [2.24, 2.45) is 0 Å². The molecule has 0 radical (unpaired) electrons. The highest BCUT2D eigenvalue weighted by Gasteiger charge is 2.27. The van der Waals surface area contributed by atoms with Crippen molar-refractivity contribution in [2.45, 2.75) is 62.0 Å². The van der Waals surface area contributed by atoms with Gasteiger partial charge in [0.2, 0.25) is 0 Å². The first-order chi connectivity index (χ1) is 7.88. The van der Waals surface area contributed by atoms with Gasteiger partial charge in [-0.2, -0.15) is 11.8 Å². The first kappa shape index (κ1) is 12.7. The van der Waals surface area contributed by atoms with E-state index in [1.165, 1.54) is 45.1 Å². The Labute approximate surface area is 104 Å². The molecule has 16 heavy (non-hydrogen) atoms. The van der Waals surface area contributed by atoms with E-state index >= 15 is 0 Å². The molecular formula is C13H25NOS. The van der Waals surface area contributed by atoms with Crippen LogP contribution in [0.15, 0.2) is 0 Å². The Hall–Kier alpha value is 0.270. The van der Waals surface area contributed by atoms with Crippen LogP contribution in [0, 0.1) is 0 Å². The summed E-state index contributed by atoms with van der Waals surface area (Å²) in [5.41, 5.74) is 0. The molecule has 2 rings (SSSR count). The topological polar surface area (TPSA) is 21.3 Å². The van der Waals surface area contributed by atoms with E-state index in [1.807, 2.05) is 0 Å². The molecule has 1 saturated heterocycles. The van der Waals surface area contributed by atoms with Gasteiger partial charge in [-0.15, -0.1) is 0 Å². The summed E-state index contributed by atoms with van der Waals surface area (Å²) in [4.78, 5) is 0. The van der Waals surface area contributed by atoms with Crippen LogP contribution in [0.25, 0.3) is 0 Å². The summed E-state index contributed by atoms with van der Waals surface area (Å²) >= 11 is 2.25. The monoisotopic (exact) mass is 243 g/mol. The molecule has 3 heteroatoms.